The monoisotopic (exact) mass is 534 g/mol. The first-order chi connectivity index (χ1) is 16.8. The van der Waals surface area contributed by atoms with E-state index in [1.807, 2.05) is 12.1 Å². The highest BCUT2D eigenvalue weighted by molar-refractivity contribution is 5.38. The van der Waals surface area contributed by atoms with E-state index >= 15 is 0 Å². The Balaban J connectivity index is 0. The topological polar surface area (TPSA) is 18.5 Å². The van der Waals surface area contributed by atoms with E-state index in [4.69, 9.17) is 9.47 Å². The predicted molar refractivity (Wildman–Crippen MR) is 158 cm³/mol. The van der Waals surface area contributed by atoms with Gasteiger partial charge in [-0.25, -0.2) is 13.2 Å². The fourth-order valence-electron chi connectivity index (χ4n) is 3.63. The zero-order chi connectivity index (χ0) is 27.6. The minimum Gasteiger partial charge on any atom is -0.496 e. The molecule has 38 heavy (non-hydrogen) atoms. The Morgan fingerprint density at radius 3 is 1.13 bits per heavy atom. The molecule has 3 aromatic carbocycles. The molecule has 0 aliphatic carbocycles. The van der Waals surface area contributed by atoms with Gasteiger partial charge in [-0.05, 0) is 66.0 Å². The van der Waals surface area contributed by atoms with Crippen molar-refractivity contribution < 1.29 is 22.6 Å². The predicted octanol–water partition coefficient (Wildman–Crippen LogP) is 10.8. The molecule has 0 amide bonds. The number of rotatable bonds is 5. The van der Waals surface area contributed by atoms with Gasteiger partial charge in [0.05, 0.1) is 14.2 Å². The maximum absolute atomic E-state index is 12.9. The highest BCUT2D eigenvalue weighted by Crippen LogP contribution is 2.24. The van der Waals surface area contributed by atoms with Crippen LogP contribution in [0.5, 0.6) is 11.5 Å². The van der Waals surface area contributed by atoms with Crippen LogP contribution in [0.2, 0.25) is 0 Å². The summed E-state index contributed by atoms with van der Waals surface area (Å²) >= 11 is 0. The minimum atomic E-state index is -0.880. The maximum atomic E-state index is 12.9. The van der Waals surface area contributed by atoms with Crippen LogP contribution in [0, 0.1) is 31.3 Å². The normalized spacial score (nSPS) is 10.0. The molecule has 0 fully saturated rings. The van der Waals surface area contributed by atoms with E-state index in [1.54, 1.807) is 28.1 Å². The second-order valence-corrected chi connectivity index (χ2v) is 9.71. The highest BCUT2D eigenvalue weighted by atomic mass is 19.1. The molecule has 5 heteroatoms. The second-order valence-electron chi connectivity index (χ2n) is 9.71. The third-order valence-electron chi connectivity index (χ3n) is 5.79. The summed E-state index contributed by atoms with van der Waals surface area (Å²) in [7, 11) is 3.41. The van der Waals surface area contributed by atoms with Crippen LogP contribution >= 0.6 is 0 Å². The lowest BCUT2D eigenvalue weighted by Crippen LogP contribution is -1.98. The summed E-state index contributed by atoms with van der Waals surface area (Å²) < 4.78 is 48.5. The molecule has 0 atom stereocenters. The van der Waals surface area contributed by atoms with E-state index in [0.29, 0.717) is 24.0 Å². The quantitative estimate of drug-likeness (QED) is 0.324. The van der Waals surface area contributed by atoms with Gasteiger partial charge in [0.1, 0.15) is 29.0 Å². The summed E-state index contributed by atoms with van der Waals surface area (Å²) in [5.41, 5.74) is 5.10. The van der Waals surface area contributed by atoms with Crippen LogP contribution in [0.3, 0.4) is 0 Å². The van der Waals surface area contributed by atoms with Crippen LogP contribution in [0.1, 0.15) is 102 Å². The zero-order valence-corrected chi connectivity index (χ0v) is 23.3. The van der Waals surface area contributed by atoms with Gasteiger partial charge in [0.15, 0.2) is 0 Å². The molecule has 2 nitrogen and oxygen atoms in total. The largest absolute Gasteiger partial charge is 0.496 e. The van der Waals surface area contributed by atoms with Gasteiger partial charge in [-0.1, -0.05) is 80.7 Å². The molecule has 0 heterocycles. The third-order valence-corrected chi connectivity index (χ3v) is 5.79. The molecule has 3 aromatic rings. The highest BCUT2D eigenvalue weighted by Gasteiger charge is 2.13. The summed E-state index contributed by atoms with van der Waals surface area (Å²) in [4.78, 5) is 0. The van der Waals surface area contributed by atoms with E-state index in [0.717, 1.165) is 11.5 Å². The van der Waals surface area contributed by atoms with Crippen molar-refractivity contribution >= 4 is 0 Å². The lowest BCUT2D eigenvalue weighted by Gasteiger charge is -2.09. The summed E-state index contributed by atoms with van der Waals surface area (Å²) in [6.07, 6.45) is 0. The minimum absolute atomic E-state index is 0. The van der Waals surface area contributed by atoms with Crippen LogP contribution in [0.4, 0.5) is 13.2 Å². The van der Waals surface area contributed by atoms with Crippen molar-refractivity contribution in [3.63, 3.8) is 0 Å². The molecule has 3 rings (SSSR count). The number of hydrogen-bond donors (Lipinski definition) is 0. The van der Waals surface area contributed by atoms with Gasteiger partial charge in [-0.2, -0.15) is 0 Å². The molecule has 0 saturated carbocycles. The van der Waals surface area contributed by atoms with Crippen molar-refractivity contribution in [1.82, 2.24) is 0 Å². The molecular weight excluding hydrogens is 485 g/mol. The Bertz CT molecular complexity index is 1020. The standard InChI is InChI=1S/2C11H16O.C9H9F3.2CH4/c2*1-8(2)10-5-6-11(12-4)9(3)7-10;1-5(2)9-7(11)3-6(10)4-8(9)12;;/h2*5-8H,1-4H3;3-5H,1-2H3;2*1H4. The number of benzene rings is 3. The molecule has 214 valence electrons. The van der Waals surface area contributed by atoms with Crippen LogP contribution in [-0.4, -0.2) is 14.2 Å². The molecule has 0 unspecified atom stereocenters. The molecule has 0 N–H and O–H groups in total. The first-order valence-corrected chi connectivity index (χ1v) is 12.3. The number of ether oxygens (including phenoxy) is 2. The smallest absolute Gasteiger partial charge is 0.132 e. The maximum Gasteiger partial charge on any atom is 0.132 e. The summed E-state index contributed by atoms with van der Waals surface area (Å²) in [6, 6.07) is 14.1. The first kappa shape index (κ1) is 37.2. The zero-order valence-electron chi connectivity index (χ0n) is 23.3. The van der Waals surface area contributed by atoms with E-state index < -0.39 is 17.5 Å². The average Bonchev–Trinajstić information content (AvgIpc) is 2.78. The second kappa shape index (κ2) is 17.5. The third kappa shape index (κ3) is 11.2. The number of aryl methyl sites for hydroxylation is 2. The van der Waals surface area contributed by atoms with Gasteiger partial charge in [-0.3, -0.25) is 0 Å². The fraction of sp³-hybridized carbons (Fsp3) is 0.455. The van der Waals surface area contributed by atoms with Crippen molar-refractivity contribution in [3.05, 3.63) is 93.8 Å². The SMILES string of the molecule is C.C.CC(C)c1c(F)cc(F)cc1F.COc1ccc(C(C)C)cc1C.COc1ccc(C(C)C)cc1C. The number of halogens is 3. The first-order valence-electron chi connectivity index (χ1n) is 12.3. The van der Waals surface area contributed by atoms with E-state index in [9.17, 15) is 13.2 Å². The van der Waals surface area contributed by atoms with Gasteiger partial charge in [0.25, 0.3) is 0 Å². The van der Waals surface area contributed by atoms with Crippen LogP contribution in [0.15, 0.2) is 48.5 Å². The molecule has 0 aliphatic heterocycles. The Kier molecular flexibility index (Phi) is 17.2. The van der Waals surface area contributed by atoms with Gasteiger partial charge in [0.2, 0.25) is 0 Å². The van der Waals surface area contributed by atoms with Crippen molar-refractivity contribution in [2.24, 2.45) is 0 Å². The molecule has 0 aromatic heterocycles. The van der Waals surface area contributed by atoms with Crippen LogP contribution < -0.4 is 9.47 Å². The molecular formula is C33H49F3O2. The average molecular weight is 535 g/mol. The van der Waals surface area contributed by atoms with Crippen molar-refractivity contribution in [1.29, 1.82) is 0 Å². The van der Waals surface area contributed by atoms with E-state index in [1.165, 1.54) is 22.3 Å². The van der Waals surface area contributed by atoms with Gasteiger partial charge >= 0.3 is 0 Å². The van der Waals surface area contributed by atoms with Crippen molar-refractivity contribution in [3.8, 4) is 11.5 Å². The van der Waals surface area contributed by atoms with Gasteiger partial charge in [0, 0.05) is 17.7 Å². The Morgan fingerprint density at radius 1 is 0.553 bits per heavy atom. The van der Waals surface area contributed by atoms with E-state index in [-0.39, 0.29) is 26.3 Å². The van der Waals surface area contributed by atoms with E-state index in [2.05, 4.69) is 65.8 Å². The summed E-state index contributed by atoms with van der Waals surface area (Å²) in [5.74, 6) is 0.341. The molecule has 0 bridgehead atoms. The summed E-state index contributed by atoms with van der Waals surface area (Å²) in [6.45, 7) is 16.2. The Labute approximate surface area is 230 Å². The molecule has 0 aliphatic rings. The van der Waals surface area contributed by atoms with Crippen molar-refractivity contribution in [2.75, 3.05) is 14.2 Å². The van der Waals surface area contributed by atoms with Crippen molar-refractivity contribution in [2.45, 2.75) is 88.0 Å². The lowest BCUT2D eigenvalue weighted by atomic mass is 10.0. The lowest BCUT2D eigenvalue weighted by molar-refractivity contribution is 0.411. The van der Waals surface area contributed by atoms with Crippen LogP contribution in [-0.2, 0) is 0 Å². The number of hydrogen-bond acceptors (Lipinski definition) is 2. The van der Waals surface area contributed by atoms with Gasteiger partial charge in [-0.15, -0.1) is 0 Å². The number of methoxy groups -OCH3 is 2. The molecule has 0 saturated heterocycles. The Hall–Kier alpha value is -2.95. The van der Waals surface area contributed by atoms with Crippen LogP contribution in [0.25, 0.3) is 0 Å². The summed E-state index contributed by atoms with van der Waals surface area (Å²) in [5, 5.41) is 0. The van der Waals surface area contributed by atoms with Gasteiger partial charge < -0.3 is 9.47 Å². The fourth-order valence-corrected chi connectivity index (χ4v) is 3.63. The Morgan fingerprint density at radius 2 is 0.895 bits per heavy atom. The molecule has 0 spiro atoms. The molecule has 0 radical (unpaired) electrons.